The summed E-state index contributed by atoms with van der Waals surface area (Å²) in [5.41, 5.74) is 1.84. The fourth-order valence-electron chi connectivity index (χ4n) is 3.00. The van der Waals surface area contributed by atoms with Crippen molar-refractivity contribution in [3.63, 3.8) is 0 Å². The first-order chi connectivity index (χ1) is 12.1. The largest absolute Gasteiger partial charge is 0.481 e. The molecular formula is C20H23FN2O2. The van der Waals surface area contributed by atoms with Crippen molar-refractivity contribution in [2.24, 2.45) is 0 Å². The summed E-state index contributed by atoms with van der Waals surface area (Å²) in [5.74, 6) is -0.0953. The second-order valence-electron chi connectivity index (χ2n) is 6.27. The highest BCUT2D eigenvalue weighted by molar-refractivity contribution is 5.97. The number of nitrogens with one attached hydrogen (secondary N) is 1. The number of halogens is 1. The highest BCUT2D eigenvalue weighted by Crippen LogP contribution is 2.28. The summed E-state index contributed by atoms with van der Waals surface area (Å²) in [6.07, 6.45) is 2.92. The highest BCUT2D eigenvalue weighted by atomic mass is 19.1. The minimum absolute atomic E-state index is 0.228. The number of ether oxygens (including phenoxy) is 1. The predicted octanol–water partition coefficient (Wildman–Crippen LogP) is 4.22. The fraction of sp³-hybridized carbons (Fsp3) is 0.350. The monoisotopic (exact) mass is 342 g/mol. The molecule has 1 aliphatic heterocycles. The fourth-order valence-corrected chi connectivity index (χ4v) is 3.00. The van der Waals surface area contributed by atoms with Gasteiger partial charge in [-0.25, -0.2) is 4.39 Å². The molecule has 2 aromatic rings. The second kappa shape index (κ2) is 8.01. The maximum atomic E-state index is 13.0. The van der Waals surface area contributed by atoms with E-state index in [1.807, 2.05) is 24.3 Å². The summed E-state index contributed by atoms with van der Waals surface area (Å²) in [7, 11) is 0. The molecule has 5 heteroatoms. The van der Waals surface area contributed by atoms with Crippen molar-refractivity contribution in [2.45, 2.75) is 32.3 Å². The van der Waals surface area contributed by atoms with E-state index in [-0.39, 0.29) is 11.7 Å². The molecule has 1 fully saturated rings. The molecule has 132 valence electrons. The Morgan fingerprint density at radius 2 is 1.76 bits per heavy atom. The van der Waals surface area contributed by atoms with Crippen LogP contribution in [-0.4, -0.2) is 25.1 Å². The number of carbonyl (C=O) groups is 1. The first-order valence-corrected chi connectivity index (χ1v) is 8.70. The maximum absolute atomic E-state index is 13.0. The summed E-state index contributed by atoms with van der Waals surface area (Å²) in [6.45, 7) is 3.70. The van der Waals surface area contributed by atoms with Gasteiger partial charge >= 0.3 is 0 Å². The van der Waals surface area contributed by atoms with E-state index in [1.165, 1.54) is 43.5 Å². The van der Waals surface area contributed by atoms with E-state index in [0.717, 1.165) is 24.5 Å². The molecule has 0 spiro atoms. The van der Waals surface area contributed by atoms with Gasteiger partial charge in [-0.2, -0.15) is 0 Å². The lowest BCUT2D eigenvalue weighted by Gasteiger charge is -2.30. The van der Waals surface area contributed by atoms with Gasteiger partial charge in [0.1, 0.15) is 11.6 Å². The van der Waals surface area contributed by atoms with Crippen molar-refractivity contribution in [1.82, 2.24) is 0 Å². The zero-order valence-electron chi connectivity index (χ0n) is 14.4. The lowest BCUT2D eigenvalue weighted by Crippen LogP contribution is -2.33. The number of anilines is 2. The Bertz CT molecular complexity index is 712. The summed E-state index contributed by atoms with van der Waals surface area (Å²) in [6, 6.07) is 13.5. The molecule has 0 aliphatic carbocycles. The minimum atomic E-state index is -0.681. The molecule has 4 nitrogen and oxygen atoms in total. The quantitative estimate of drug-likeness (QED) is 0.884. The first kappa shape index (κ1) is 17.3. The van der Waals surface area contributed by atoms with Gasteiger partial charge in [-0.15, -0.1) is 0 Å². The van der Waals surface area contributed by atoms with Crippen molar-refractivity contribution >= 4 is 17.3 Å². The molecule has 0 radical (unpaired) electrons. The SMILES string of the molecule is C[C@H](Oc1ccc(F)cc1)C(=O)Nc1ccccc1N1CCCCC1. The van der Waals surface area contributed by atoms with Gasteiger partial charge in [0.05, 0.1) is 11.4 Å². The van der Waals surface area contributed by atoms with E-state index in [2.05, 4.69) is 10.2 Å². The molecule has 1 amide bonds. The second-order valence-corrected chi connectivity index (χ2v) is 6.27. The number of rotatable bonds is 5. The third-order valence-corrected chi connectivity index (χ3v) is 4.35. The summed E-state index contributed by atoms with van der Waals surface area (Å²) < 4.78 is 18.5. The van der Waals surface area contributed by atoms with E-state index in [1.54, 1.807) is 6.92 Å². The average molecular weight is 342 g/mol. The predicted molar refractivity (Wildman–Crippen MR) is 97.6 cm³/mol. The molecule has 0 aromatic heterocycles. The average Bonchev–Trinajstić information content (AvgIpc) is 2.64. The van der Waals surface area contributed by atoms with Crippen molar-refractivity contribution < 1.29 is 13.9 Å². The molecule has 1 N–H and O–H groups in total. The number of amides is 1. The number of nitrogens with zero attached hydrogens (tertiary/aromatic N) is 1. The van der Waals surface area contributed by atoms with E-state index >= 15 is 0 Å². The Labute approximate surface area is 147 Å². The zero-order chi connectivity index (χ0) is 17.6. The van der Waals surface area contributed by atoms with Crippen molar-refractivity contribution in [2.75, 3.05) is 23.3 Å². The normalized spacial score (nSPS) is 15.5. The maximum Gasteiger partial charge on any atom is 0.265 e. The van der Waals surface area contributed by atoms with E-state index in [4.69, 9.17) is 4.74 Å². The summed E-state index contributed by atoms with van der Waals surface area (Å²) >= 11 is 0. The van der Waals surface area contributed by atoms with E-state index in [0.29, 0.717) is 5.75 Å². The lowest BCUT2D eigenvalue weighted by atomic mass is 10.1. The third-order valence-electron chi connectivity index (χ3n) is 4.35. The zero-order valence-corrected chi connectivity index (χ0v) is 14.4. The van der Waals surface area contributed by atoms with Gasteiger partial charge in [0, 0.05) is 13.1 Å². The van der Waals surface area contributed by atoms with Gasteiger partial charge in [-0.1, -0.05) is 12.1 Å². The third kappa shape index (κ3) is 4.50. The number of para-hydroxylation sites is 2. The molecule has 25 heavy (non-hydrogen) atoms. The topological polar surface area (TPSA) is 41.6 Å². The molecule has 3 rings (SSSR count). The smallest absolute Gasteiger partial charge is 0.265 e. The van der Waals surface area contributed by atoms with Crippen LogP contribution in [0.2, 0.25) is 0 Å². The van der Waals surface area contributed by atoms with Gasteiger partial charge in [-0.3, -0.25) is 4.79 Å². The van der Waals surface area contributed by atoms with Crippen LogP contribution in [0.5, 0.6) is 5.75 Å². The standard InChI is InChI=1S/C20H23FN2O2/c1-15(25-17-11-9-16(21)10-12-17)20(24)22-18-7-3-4-8-19(18)23-13-5-2-6-14-23/h3-4,7-12,15H,2,5-6,13-14H2,1H3,(H,22,24)/t15-/m0/s1. The number of benzene rings is 2. The van der Waals surface area contributed by atoms with Crippen LogP contribution in [0.1, 0.15) is 26.2 Å². The Balaban J connectivity index is 1.66. The first-order valence-electron chi connectivity index (χ1n) is 8.70. The molecule has 1 aliphatic rings. The van der Waals surface area contributed by atoms with Gasteiger partial charge in [0.2, 0.25) is 0 Å². The molecule has 1 heterocycles. The van der Waals surface area contributed by atoms with Crippen molar-refractivity contribution in [3.8, 4) is 5.75 Å². The Kier molecular flexibility index (Phi) is 5.53. The number of piperidine rings is 1. The molecule has 1 saturated heterocycles. The van der Waals surface area contributed by atoms with Crippen LogP contribution in [-0.2, 0) is 4.79 Å². The van der Waals surface area contributed by atoms with Crippen LogP contribution in [0.4, 0.5) is 15.8 Å². The number of carbonyl (C=O) groups excluding carboxylic acids is 1. The molecule has 0 saturated carbocycles. The molecule has 0 bridgehead atoms. The van der Waals surface area contributed by atoms with Crippen LogP contribution >= 0.6 is 0 Å². The van der Waals surface area contributed by atoms with E-state index < -0.39 is 6.10 Å². The molecule has 0 unspecified atom stereocenters. The Hall–Kier alpha value is -2.56. The van der Waals surface area contributed by atoms with E-state index in [9.17, 15) is 9.18 Å². The Morgan fingerprint density at radius 3 is 2.48 bits per heavy atom. The van der Waals surface area contributed by atoms with Crippen molar-refractivity contribution in [1.29, 1.82) is 0 Å². The van der Waals surface area contributed by atoms with Gasteiger partial charge < -0.3 is 15.0 Å². The van der Waals surface area contributed by atoms with Gasteiger partial charge in [0.25, 0.3) is 5.91 Å². The van der Waals surface area contributed by atoms with Crippen LogP contribution in [0.25, 0.3) is 0 Å². The van der Waals surface area contributed by atoms with Crippen LogP contribution < -0.4 is 15.0 Å². The molecule has 2 aromatic carbocycles. The van der Waals surface area contributed by atoms with Crippen LogP contribution in [0.3, 0.4) is 0 Å². The minimum Gasteiger partial charge on any atom is -0.481 e. The van der Waals surface area contributed by atoms with Gasteiger partial charge in [0.15, 0.2) is 6.10 Å². The summed E-state index contributed by atoms with van der Waals surface area (Å²) in [4.78, 5) is 14.8. The highest BCUT2D eigenvalue weighted by Gasteiger charge is 2.19. The van der Waals surface area contributed by atoms with Crippen LogP contribution in [0.15, 0.2) is 48.5 Å². The summed E-state index contributed by atoms with van der Waals surface area (Å²) in [5, 5.41) is 2.96. The van der Waals surface area contributed by atoms with Gasteiger partial charge in [-0.05, 0) is 62.6 Å². The van der Waals surface area contributed by atoms with Crippen LogP contribution in [0, 0.1) is 5.82 Å². The molecule has 1 atom stereocenters. The number of hydrogen-bond acceptors (Lipinski definition) is 3. The lowest BCUT2D eigenvalue weighted by molar-refractivity contribution is -0.122. The Morgan fingerprint density at radius 1 is 1.08 bits per heavy atom. The number of hydrogen-bond donors (Lipinski definition) is 1. The molecular weight excluding hydrogens is 319 g/mol. The van der Waals surface area contributed by atoms with Crippen molar-refractivity contribution in [3.05, 3.63) is 54.3 Å².